The number of aromatic amines is 1. The van der Waals surface area contributed by atoms with Crippen molar-refractivity contribution in [1.82, 2.24) is 34.1 Å². The van der Waals surface area contributed by atoms with E-state index in [1.165, 1.54) is 16.5 Å². The maximum absolute atomic E-state index is 10.9. The van der Waals surface area contributed by atoms with E-state index in [1.54, 1.807) is 0 Å². The van der Waals surface area contributed by atoms with Crippen LogP contribution in [0.3, 0.4) is 0 Å². The van der Waals surface area contributed by atoms with Gasteiger partial charge in [-0.1, -0.05) is 26.8 Å². The number of nitrogens with one attached hydrogen (secondary N) is 2. The zero-order chi connectivity index (χ0) is 29.9. The van der Waals surface area contributed by atoms with Crippen molar-refractivity contribution in [3.8, 4) is 0 Å². The molecular weight excluding hydrogens is 536 g/mol. The number of hydrogen-bond donors (Lipinski definition) is 5. The smallest absolute Gasteiger partial charge is 0.183 e. The fourth-order valence-corrected chi connectivity index (χ4v) is 6.46. The van der Waals surface area contributed by atoms with Gasteiger partial charge in [-0.15, -0.1) is 0 Å². The molecule has 6 rings (SSSR count). The van der Waals surface area contributed by atoms with Crippen molar-refractivity contribution in [2.24, 2.45) is 5.92 Å². The Morgan fingerprint density at radius 2 is 1.90 bits per heavy atom. The summed E-state index contributed by atoms with van der Waals surface area (Å²) in [5.74, 6) is 1.64. The largest absolute Gasteiger partial charge is 0.425 e. The number of aryl methyl sites for hydroxylation is 1. The molecule has 5 N–H and O–H groups in total. The molecule has 0 radical (unpaired) electrons. The van der Waals surface area contributed by atoms with Gasteiger partial charge >= 0.3 is 0 Å². The molecule has 42 heavy (non-hydrogen) atoms. The van der Waals surface area contributed by atoms with Crippen LogP contribution < -0.4 is 5.49 Å². The minimum atomic E-state index is -1.22. The van der Waals surface area contributed by atoms with E-state index < -0.39 is 24.5 Å². The van der Waals surface area contributed by atoms with Gasteiger partial charge in [0.1, 0.15) is 30.5 Å². The first-order valence-corrected chi connectivity index (χ1v) is 14.8. The van der Waals surface area contributed by atoms with Crippen molar-refractivity contribution in [3.63, 3.8) is 0 Å². The molecule has 1 aromatic carbocycles. The molecule has 0 spiro atoms. The normalized spacial score (nSPS) is 26.6. The molecule has 1 saturated carbocycles. The molecule has 0 amide bonds. The molecule has 12 heteroatoms. The number of aliphatic hydroxyl groups is 2. The molecule has 0 unspecified atom stereocenters. The molecule has 1 aliphatic carbocycles. The lowest BCUT2D eigenvalue weighted by atomic mass is 9.76. The number of fused-ring (bicyclic) bond motifs is 2. The van der Waals surface area contributed by atoms with Gasteiger partial charge in [-0.3, -0.25) is 14.9 Å². The third-order valence-corrected chi connectivity index (χ3v) is 9.04. The second-order valence-corrected chi connectivity index (χ2v) is 13.3. The first-order valence-electron chi connectivity index (χ1n) is 14.8. The van der Waals surface area contributed by atoms with E-state index >= 15 is 0 Å². The van der Waals surface area contributed by atoms with Crippen LogP contribution in [0.4, 0.5) is 0 Å². The zero-order valence-corrected chi connectivity index (χ0v) is 24.9. The minimum Gasteiger partial charge on any atom is -0.425 e. The summed E-state index contributed by atoms with van der Waals surface area (Å²) < 4.78 is 8.38. The van der Waals surface area contributed by atoms with Crippen LogP contribution in [-0.4, -0.2) is 86.5 Å². The number of imidazole rings is 2. The highest BCUT2D eigenvalue weighted by molar-refractivity contribution is 5.76. The predicted molar refractivity (Wildman–Crippen MR) is 156 cm³/mol. The third kappa shape index (κ3) is 5.21. The lowest BCUT2D eigenvalue weighted by Gasteiger charge is -2.46. The first kappa shape index (κ1) is 28.8. The molecule has 2 aliphatic rings. The molecule has 0 bridgehead atoms. The van der Waals surface area contributed by atoms with Crippen LogP contribution in [0.5, 0.6) is 0 Å². The molecule has 3 aromatic heterocycles. The zero-order valence-electron chi connectivity index (χ0n) is 24.9. The standard InChI is InChI=1S/C30H42N8O4/c1-16(2)36(13-22-25(39)26(40)29(42-22)37-14-32-24-27(31)33-15-38(41)28(24)37)19-10-17(11-19)6-9-23-34-20-8-7-18(30(3,4)5)12-21(20)35-23/h7-8,12,14-17,19,22,25-26,29,31,39-41H,6,9-11,13H2,1-5H3,(H,34,35)/t17?,19?,22-,25-,26-,29-/m1/s1. The number of nitrogens with zero attached hydrogens (tertiary/aromatic N) is 6. The van der Waals surface area contributed by atoms with Gasteiger partial charge in [-0.05, 0) is 62.1 Å². The monoisotopic (exact) mass is 578 g/mol. The molecule has 1 aliphatic heterocycles. The van der Waals surface area contributed by atoms with Crippen molar-refractivity contribution < 1.29 is 20.2 Å². The number of aliphatic hydroxyl groups excluding tert-OH is 2. The molecule has 4 aromatic rings. The fourth-order valence-electron chi connectivity index (χ4n) is 6.46. The van der Waals surface area contributed by atoms with Crippen LogP contribution in [0.2, 0.25) is 0 Å². The fraction of sp³-hybridized carbons (Fsp3) is 0.600. The van der Waals surface area contributed by atoms with Crippen molar-refractivity contribution in [2.45, 2.75) is 102 Å². The lowest BCUT2D eigenvalue weighted by molar-refractivity contribution is -0.0627. The average molecular weight is 579 g/mol. The summed E-state index contributed by atoms with van der Waals surface area (Å²) in [5, 5.41) is 40.1. The second kappa shape index (κ2) is 10.7. The van der Waals surface area contributed by atoms with Crippen LogP contribution in [0.1, 0.15) is 71.5 Å². The molecule has 226 valence electrons. The summed E-state index contributed by atoms with van der Waals surface area (Å²) >= 11 is 0. The van der Waals surface area contributed by atoms with Gasteiger partial charge in [0.05, 0.1) is 17.4 Å². The molecule has 12 nitrogen and oxygen atoms in total. The summed E-state index contributed by atoms with van der Waals surface area (Å²) in [6, 6.07) is 7.10. The third-order valence-electron chi connectivity index (χ3n) is 9.04. The SMILES string of the molecule is CC(C)N(C[C@H]1O[C@@H](n2cnc3c(=N)ncn(O)c32)[C@H](O)[C@@H]1O)C1CC(CCc2nc3ccc(C(C)(C)C)cc3[nH]2)C1. The van der Waals surface area contributed by atoms with Crippen LogP contribution in [0.25, 0.3) is 22.2 Å². The Bertz CT molecular complexity index is 1630. The Labute approximate surface area is 244 Å². The van der Waals surface area contributed by atoms with Gasteiger partial charge in [0.15, 0.2) is 22.9 Å². The van der Waals surface area contributed by atoms with Crippen molar-refractivity contribution >= 4 is 22.2 Å². The number of hydrogen-bond acceptors (Lipinski definition) is 9. The molecule has 4 atom stereocenters. The van der Waals surface area contributed by atoms with E-state index in [0.29, 0.717) is 18.5 Å². The van der Waals surface area contributed by atoms with Gasteiger partial charge in [0, 0.05) is 25.0 Å². The molecule has 1 saturated heterocycles. The number of benzene rings is 1. The van der Waals surface area contributed by atoms with Gasteiger partial charge in [-0.25, -0.2) is 15.0 Å². The number of ether oxygens (including phenoxy) is 1. The van der Waals surface area contributed by atoms with Crippen LogP contribution >= 0.6 is 0 Å². The molecular formula is C30H42N8O4. The quantitative estimate of drug-likeness (QED) is 0.200. The predicted octanol–water partition coefficient (Wildman–Crippen LogP) is 2.86. The summed E-state index contributed by atoms with van der Waals surface area (Å²) in [4.78, 5) is 18.7. The van der Waals surface area contributed by atoms with E-state index in [-0.39, 0.29) is 28.1 Å². The van der Waals surface area contributed by atoms with Crippen molar-refractivity contribution in [3.05, 3.63) is 47.7 Å². The van der Waals surface area contributed by atoms with Gasteiger partial charge in [-0.2, -0.15) is 4.73 Å². The summed E-state index contributed by atoms with van der Waals surface area (Å²) in [5.41, 5.74) is 3.76. The number of rotatable bonds is 8. The van der Waals surface area contributed by atoms with E-state index in [4.69, 9.17) is 15.1 Å². The summed E-state index contributed by atoms with van der Waals surface area (Å²) in [7, 11) is 0. The lowest BCUT2D eigenvalue weighted by Crippen LogP contribution is -2.52. The maximum Gasteiger partial charge on any atom is 0.183 e. The van der Waals surface area contributed by atoms with Crippen LogP contribution in [0, 0.1) is 11.3 Å². The van der Waals surface area contributed by atoms with Crippen LogP contribution in [0.15, 0.2) is 30.9 Å². The van der Waals surface area contributed by atoms with Gasteiger partial charge in [0.2, 0.25) is 0 Å². The highest BCUT2D eigenvalue weighted by Gasteiger charge is 2.46. The van der Waals surface area contributed by atoms with E-state index in [0.717, 1.165) is 53.6 Å². The van der Waals surface area contributed by atoms with E-state index in [1.807, 2.05) is 0 Å². The van der Waals surface area contributed by atoms with Crippen molar-refractivity contribution in [2.75, 3.05) is 6.54 Å². The van der Waals surface area contributed by atoms with Crippen LogP contribution in [-0.2, 0) is 16.6 Å². The minimum absolute atomic E-state index is 0.0980. The average Bonchev–Trinajstić information content (AvgIpc) is 3.60. The topological polar surface area (TPSA) is 161 Å². The Morgan fingerprint density at radius 3 is 2.62 bits per heavy atom. The van der Waals surface area contributed by atoms with E-state index in [2.05, 4.69) is 72.7 Å². The molecule has 2 fully saturated rings. The van der Waals surface area contributed by atoms with Gasteiger partial charge in [0.25, 0.3) is 0 Å². The van der Waals surface area contributed by atoms with Gasteiger partial charge < -0.3 is 25.1 Å². The second-order valence-electron chi connectivity index (χ2n) is 13.3. The number of aromatic nitrogens is 6. The Hall–Kier alpha value is -3.32. The molecule has 4 heterocycles. The Balaban J connectivity index is 1.07. The van der Waals surface area contributed by atoms with E-state index in [9.17, 15) is 15.4 Å². The van der Waals surface area contributed by atoms with Crippen molar-refractivity contribution in [1.29, 1.82) is 5.41 Å². The summed E-state index contributed by atoms with van der Waals surface area (Å²) in [6.45, 7) is 11.4. The Morgan fingerprint density at radius 1 is 1.14 bits per heavy atom. The maximum atomic E-state index is 10.9. The summed E-state index contributed by atoms with van der Waals surface area (Å²) in [6.07, 6.45) is 2.69. The first-order chi connectivity index (χ1) is 19.9. The highest BCUT2D eigenvalue weighted by atomic mass is 16.6. The Kier molecular flexibility index (Phi) is 7.37. The highest BCUT2D eigenvalue weighted by Crippen LogP contribution is 2.38. The number of H-pyrrole nitrogens is 1.